The molecule has 1 atom stereocenters. The smallest absolute Gasteiger partial charge is 0.192 e. The normalized spacial score (nSPS) is 28.4. The van der Waals surface area contributed by atoms with Crippen molar-refractivity contribution in [2.45, 2.75) is 18.6 Å². The van der Waals surface area contributed by atoms with Gasteiger partial charge in [-0.15, -0.1) is 0 Å². The molecule has 76 valence electrons. The zero-order valence-electron chi connectivity index (χ0n) is 8.27. The van der Waals surface area contributed by atoms with Crippen LogP contribution in [0, 0.1) is 0 Å². The molecule has 3 nitrogen and oxygen atoms in total. The first-order valence-electron chi connectivity index (χ1n) is 5.11. The summed E-state index contributed by atoms with van der Waals surface area (Å²) in [5.74, 6) is 0.0479. The number of benzene rings is 1. The van der Waals surface area contributed by atoms with Crippen LogP contribution in [0.25, 0.3) is 0 Å². The highest BCUT2D eigenvalue weighted by Crippen LogP contribution is 2.39. The van der Waals surface area contributed by atoms with Crippen LogP contribution in [0.4, 0.5) is 0 Å². The Balaban J connectivity index is 2.14. The van der Waals surface area contributed by atoms with Crippen LogP contribution in [-0.4, -0.2) is 18.6 Å². The number of rotatable bonds is 0. The molecular weight excluding hydrogens is 190 g/mol. The molecule has 0 aromatic heterocycles. The summed E-state index contributed by atoms with van der Waals surface area (Å²) in [7, 11) is 0. The highest BCUT2D eigenvalue weighted by atomic mass is 16.5. The summed E-state index contributed by atoms with van der Waals surface area (Å²) in [5, 5.41) is 0. The Bertz CT molecular complexity index is 453. The number of carbonyl (C=O) groups excluding carboxylic acids is 1. The highest BCUT2D eigenvalue weighted by molar-refractivity contribution is 6.29. The number of aliphatic imine (C=N–C) groups is 1. The second-order valence-corrected chi connectivity index (χ2v) is 3.94. The van der Waals surface area contributed by atoms with Crippen molar-refractivity contribution in [3.05, 3.63) is 35.4 Å². The first-order valence-corrected chi connectivity index (χ1v) is 5.11. The number of carbonyl (C=O) groups is 1. The fourth-order valence-corrected chi connectivity index (χ4v) is 2.28. The molecule has 0 saturated heterocycles. The molecule has 0 radical (unpaired) electrons. The van der Waals surface area contributed by atoms with E-state index in [4.69, 9.17) is 4.74 Å². The summed E-state index contributed by atoms with van der Waals surface area (Å²) >= 11 is 0. The molecule has 2 aliphatic heterocycles. The molecule has 2 heterocycles. The maximum Gasteiger partial charge on any atom is 0.192 e. The predicted octanol–water partition coefficient (Wildman–Crippen LogP) is 1.46. The number of nitrogens with zero attached hydrogens (tertiary/aromatic N) is 1. The van der Waals surface area contributed by atoms with Crippen LogP contribution in [0.15, 0.2) is 29.3 Å². The molecule has 1 aromatic carbocycles. The van der Waals surface area contributed by atoms with Gasteiger partial charge in [-0.3, -0.25) is 9.79 Å². The summed E-state index contributed by atoms with van der Waals surface area (Å²) in [6.07, 6.45) is 2.65. The Labute approximate surface area is 87.8 Å². The van der Waals surface area contributed by atoms with Gasteiger partial charge >= 0.3 is 0 Å². The van der Waals surface area contributed by atoms with Gasteiger partial charge in [0.1, 0.15) is 0 Å². The predicted molar refractivity (Wildman–Crippen MR) is 55.9 cm³/mol. The van der Waals surface area contributed by atoms with E-state index in [0.717, 1.165) is 12.0 Å². The van der Waals surface area contributed by atoms with E-state index in [1.54, 1.807) is 0 Å². The highest BCUT2D eigenvalue weighted by Gasteiger charge is 2.41. The lowest BCUT2D eigenvalue weighted by Crippen LogP contribution is -2.32. The van der Waals surface area contributed by atoms with Gasteiger partial charge in [0, 0.05) is 5.56 Å². The minimum absolute atomic E-state index is 0.0479. The van der Waals surface area contributed by atoms with Crippen molar-refractivity contribution in [1.82, 2.24) is 0 Å². The van der Waals surface area contributed by atoms with E-state index in [9.17, 15) is 4.79 Å². The van der Waals surface area contributed by atoms with Gasteiger partial charge in [-0.25, -0.2) is 0 Å². The van der Waals surface area contributed by atoms with Gasteiger partial charge in [0.25, 0.3) is 0 Å². The van der Waals surface area contributed by atoms with Crippen LogP contribution < -0.4 is 0 Å². The van der Waals surface area contributed by atoms with E-state index in [1.165, 1.54) is 11.8 Å². The van der Waals surface area contributed by atoms with Crippen molar-refractivity contribution in [3.63, 3.8) is 0 Å². The Hall–Kier alpha value is -1.48. The Morgan fingerprint density at radius 3 is 3.00 bits per heavy atom. The van der Waals surface area contributed by atoms with Crippen molar-refractivity contribution in [3.8, 4) is 0 Å². The molecule has 0 saturated carbocycles. The van der Waals surface area contributed by atoms with Crippen molar-refractivity contribution in [2.75, 3.05) is 6.61 Å². The maximum atomic E-state index is 11.3. The lowest BCUT2D eigenvalue weighted by Gasteiger charge is -2.32. The molecule has 3 heteroatoms. The second kappa shape index (κ2) is 3.00. The lowest BCUT2D eigenvalue weighted by molar-refractivity contribution is -0.119. The minimum Gasteiger partial charge on any atom is -0.349 e. The Morgan fingerprint density at radius 2 is 2.20 bits per heavy atom. The molecule has 1 aromatic rings. The van der Waals surface area contributed by atoms with Gasteiger partial charge in [-0.2, -0.15) is 0 Å². The van der Waals surface area contributed by atoms with Crippen molar-refractivity contribution in [1.29, 1.82) is 0 Å². The SMILES string of the molecule is O=C1C=NC2(C1)OCCc1ccccc12. The van der Waals surface area contributed by atoms with E-state index in [2.05, 4.69) is 11.1 Å². The van der Waals surface area contributed by atoms with E-state index < -0.39 is 5.72 Å². The first kappa shape index (κ1) is 8.80. The molecule has 1 spiro atoms. The average Bonchev–Trinajstić information content (AvgIpc) is 2.62. The zero-order valence-corrected chi connectivity index (χ0v) is 8.27. The van der Waals surface area contributed by atoms with E-state index in [0.29, 0.717) is 13.0 Å². The molecule has 0 aliphatic carbocycles. The fourth-order valence-electron chi connectivity index (χ4n) is 2.28. The van der Waals surface area contributed by atoms with Crippen LogP contribution in [0.1, 0.15) is 17.5 Å². The van der Waals surface area contributed by atoms with Crippen molar-refractivity contribution in [2.24, 2.45) is 4.99 Å². The lowest BCUT2D eigenvalue weighted by atomic mass is 9.91. The van der Waals surface area contributed by atoms with Gasteiger partial charge in [0.15, 0.2) is 11.5 Å². The molecule has 1 unspecified atom stereocenters. The van der Waals surface area contributed by atoms with Gasteiger partial charge < -0.3 is 4.74 Å². The van der Waals surface area contributed by atoms with Crippen LogP contribution in [-0.2, 0) is 21.7 Å². The summed E-state index contributed by atoms with van der Waals surface area (Å²) in [5.41, 5.74) is 1.60. The molecule has 0 bridgehead atoms. The van der Waals surface area contributed by atoms with Crippen molar-refractivity contribution < 1.29 is 9.53 Å². The third kappa shape index (κ3) is 1.23. The number of ketones is 1. The largest absolute Gasteiger partial charge is 0.349 e. The van der Waals surface area contributed by atoms with Crippen molar-refractivity contribution >= 4 is 12.0 Å². The molecule has 15 heavy (non-hydrogen) atoms. The summed E-state index contributed by atoms with van der Waals surface area (Å²) in [4.78, 5) is 15.5. The summed E-state index contributed by atoms with van der Waals surface area (Å²) in [6.45, 7) is 0.641. The molecule has 0 fully saturated rings. The number of ether oxygens (including phenoxy) is 1. The van der Waals surface area contributed by atoms with E-state index in [-0.39, 0.29) is 5.78 Å². The van der Waals surface area contributed by atoms with Gasteiger partial charge in [-0.1, -0.05) is 24.3 Å². The maximum absolute atomic E-state index is 11.3. The number of hydrogen-bond acceptors (Lipinski definition) is 3. The standard InChI is InChI=1S/C12H11NO2/c14-10-7-12(13-8-10)11-4-2-1-3-9(11)5-6-15-12/h1-4,8H,5-7H2. The number of Topliss-reactive ketones (excluding diaryl/α,β-unsaturated/α-hetero) is 1. The summed E-state index contributed by atoms with van der Waals surface area (Å²) in [6, 6.07) is 8.06. The third-order valence-electron chi connectivity index (χ3n) is 2.98. The quantitative estimate of drug-likeness (QED) is 0.637. The molecular formula is C12H11NO2. The van der Waals surface area contributed by atoms with Gasteiger partial charge in [0.2, 0.25) is 0 Å². The second-order valence-electron chi connectivity index (χ2n) is 3.94. The monoisotopic (exact) mass is 201 g/mol. The van der Waals surface area contributed by atoms with Gasteiger partial charge in [0.05, 0.1) is 19.2 Å². The Morgan fingerprint density at radius 1 is 1.33 bits per heavy atom. The molecule has 0 N–H and O–H groups in total. The molecule has 3 rings (SSSR count). The van der Waals surface area contributed by atoms with Gasteiger partial charge in [-0.05, 0) is 12.0 Å². The van der Waals surface area contributed by atoms with E-state index in [1.807, 2.05) is 18.2 Å². The number of fused-ring (bicyclic) bond motifs is 2. The fraction of sp³-hybridized carbons (Fsp3) is 0.333. The first-order chi connectivity index (χ1) is 7.30. The molecule has 0 amide bonds. The topological polar surface area (TPSA) is 38.7 Å². The number of hydrogen-bond donors (Lipinski definition) is 0. The summed E-state index contributed by atoms with van der Waals surface area (Å²) < 4.78 is 5.70. The van der Waals surface area contributed by atoms with Crippen LogP contribution in [0.2, 0.25) is 0 Å². The Kier molecular flexibility index (Phi) is 1.76. The van der Waals surface area contributed by atoms with Crippen LogP contribution >= 0.6 is 0 Å². The van der Waals surface area contributed by atoms with Crippen LogP contribution in [0.5, 0.6) is 0 Å². The minimum atomic E-state index is -0.702. The van der Waals surface area contributed by atoms with E-state index >= 15 is 0 Å². The third-order valence-corrected chi connectivity index (χ3v) is 2.98. The van der Waals surface area contributed by atoms with Crippen LogP contribution in [0.3, 0.4) is 0 Å². The molecule has 2 aliphatic rings. The average molecular weight is 201 g/mol. The zero-order chi connectivity index (χ0) is 10.3.